The van der Waals surface area contributed by atoms with Gasteiger partial charge in [-0.15, -0.1) is 0 Å². The number of rotatable bonds is 7. The molecule has 1 fully saturated rings. The summed E-state index contributed by atoms with van der Waals surface area (Å²) in [6, 6.07) is 0. The summed E-state index contributed by atoms with van der Waals surface area (Å²) in [5.74, 6) is 1.74. The Morgan fingerprint density at radius 3 is 2.12 bits per heavy atom. The zero-order chi connectivity index (χ0) is 18.4. The maximum Gasteiger partial charge on any atom is 0.353 e. The highest BCUT2D eigenvalue weighted by molar-refractivity contribution is 5.71. The average Bonchev–Trinajstić information content (AvgIpc) is 2.81. The lowest BCUT2D eigenvalue weighted by Gasteiger charge is -2.28. The SMILES string of the molecule is CC(C)CN(CC(C)C)c1ncnc(N2CCCCCC2)c1[N+](=O)[O-]. The minimum absolute atomic E-state index is 0.0608. The first kappa shape index (κ1) is 19.4. The van der Waals surface area contributed by atoms with Crippen molar-refractivity contribution in [3.63, 3.8) is 0 Å². The third-order valence-corrected chi connectivity index (χ3v) is 4.34. The van der Waals surface area contributed by atoms with E-state index in [0.717, 1.165) is 39.0 Å². The first-order valence-electron chi connectivity index (χ1n) is 9.39. The maximum absolute atomic E-state index is 11.9. The summed E-state index contributed by atoms with van der Waals surface area (Å²) in [6.07, 6.45) is 5.94. The zero-order valence-electron chi connectivity index (χ0n) is 15.9. The first-order chi connectivity index (χ1) is 11.9. The molecule has 1 aromatic heterocycles. The van der Waals surface area contributed by atoms with E-state index in [4.69, 9.17) is 0 Å². The van der Waals surface area contributed by atoms with E-state index < -0.39 is 0 Å². The van der Waals surface area contributed by atoms with Crippen LogP contribution < -0.4 is 9.80 Å². The molecule has 1 aliphatic heterocycles. The van der Waals surface area contributed by atoms with E-state index in [9.17, 15) is 10.1 Å². The van der Waals surface area contributed by atoms with Gasteiger partial charge in [-0.2, -0.15) is 0 Å². The molecule has 2 heterocycles. The molecular formula is C18H31N5O2. The maximum atomic E-state index is 11.9. The van der Waals surface area contributed by atoms with Gasteiger partial charge in [0.2, 0.25) is 11.6 Å². The van der Waals surface area contributed by atoms with Crippen LogP contribution in [0.1, 0.15) is 53.4 Å². The lowest BCUT2D eigenvalue weighted by molar-refractivity contribution is -0.383. The number of aromatic nitrogens is 2. The fraction of sp³-hybridized carbons (Fsp3) is 0.778. The number of hydrogen-bond donors (Lipinski definition) is 0. The molecule has 0 radical (unpaired) electrons. The van der Waals surface area contributed by atoms with Gasteiger partial charge in [-0.1, -0.05) is 40.5 Å². The minimum Gasteiger partial charge on any atom is -0.351 e. The molecule has 7 heteroatoms. The Hall–Kier alpha value is -1.92. The van der Waals surface area contributed by atoms with Crippen LogP contribution in [0, 0.1) is 22.0 Å². The lowest BCUT2D eigenvalue weighted by Crippen LogP contribution is -2.33. The second-order valence-corrected chi connectivity index (χ2v) is 7.72. The second-order valence-electron chi connectivity index (χ2n) is 7.72. The van der Waals surface area contributed by atoms with Crippen molar-refractivity contribution >= 4 is 17.3 Å². The molecule has 1 aliphatic rings. The highest BCUT2D eigenvalue weighted by Crippen LogP contribution is 2.35. The van der Waals surface area contributed by atoms with E-state index in [0.29, 0.717) is 23.5 Å². The molecule has 0 spiro atoms. The molecule has 0 N–H and O–H groups in total. The smallest absolute Gasteiger partial charge is 0.351 e. The standard InChI is InChI=1S/C18H31N5O2/c1-14(2)11-22(12-15(3)4)18-16(23(24)25)17(19-13-20-18)21-9-7-5-6-8-10-21/h13-15H,5-12H2,1-4H3. The molecule has 0 unspecified atom stereocenters. The molecule has 1 aromatic rings. The number of nitrogens with zero attached hydrogens (tertiary/aromatic N) is 5. The molecule has 0 atom stereocenters. The second kappa shape index (κ2) is 8.97. The van der Waals surface area contributed by atoms with Crippen LogP contribution >= 0.6 is 0 Å². The van der Waals surface area contributed by atoms with E-state index in [1.165, 1.54) is 19.2 Å². The van der Waals surface area contributed by atoms with Crippen LogP contribution in [0.25, 0.3) is 0 Å². The van der Waals surface area contributed by atoms with Crippen LogP contribution in [0.5, 0.6) is 0 Å². The van der Waals surface area contributed by atoms with Gasteiger partial charge in [-0.3, -0.25) is 10.1 Å². The van der Waals surface area contributed by atoms with Crippen molar-refractivity contribution in [3.8, 4) is 0 Å². The van der Waals surface area contributed by atoms with Crippen molar-refractivity contribution in [3.05, 3.63) is 16.4 Å². The van der Waals surface area contributed by atoms with Crippen LogP contribution in [0.4, 0.5) is 17.3 Å². The molecule has 1 saturated heterocycles. The third kappa shape index (κ3) is 5.28. The van der Waals surface area contributed by atoms with E-state index in [1.54, 1.807) is 0 Å². The van der Waals surface area contributed by atoms with Crippen LogP contribution in [-0.2, 0) is 0 Å². The fourth-order valence-corrected chi connectivity index (χ4v) is 3.40. The molecule has 7 nitrogen and oxygen atoms in total. The number of nitro groups is 1. The Labute approximate surface area is 150 Å². The Balaban J connectivity index is 2.45. The highest BCUT2D eigenvalue weighted by atomic mass is 16.6. The Morgan fingerprint density at radius 2 is 1.64 bits per heavy atom. The normalized spacial score (nSPS) is 15.5. The van der Waals surface area contributed by atoms with Gasteiger partial charge in [0.15, 0.2) is 0 Å². The van der Waals surface area contributed by atoms with Crippen LogP contribution in [0.2, 0.25) is 0 Å². The molecular weight excluding hydrogens is 318 g/mol. The van der Waals surface area contributed by atoms with Gasteiger partial charge >= 0.3 is 5.69 Å². The summed E-state index contributed by atoms with van der Waals surface area (Å²) in [6.45, 7) is 11.6. The van der Waals surface area contributed by atoms with Crippen molar-refractivity contribution in [1.29, 1.82) is 0 Å². The summed E-state index contributed by atoms with van der Waals surface area (Å²) in [4.78, 5) is 24.4. The van der Waals surface area contributed by atoms with Crippen molar-refractivity contribution in [2.75, 3.05) is 36.0 Å². The summed E-state index contributed by atoms with van der Waals surface area (Å²) in [5.41, 5.74) is 0.0608. The molecule has 0 saturated carbocycles. The molecule has 140 valence electrons. The third-order valence-electron chi connectivity index (χ3n) is 4.34. The van der Waals surface area contributed by atoms with E-state index in [1.807, 2.05) is 0 Å². The van der Waals surface area contributed by atoms with Crippen molar-refractivity contribution in [2.45, 2.75) is 53.4 Å². The largest absolute Gasteiger partial charge is 0.353 e. The van der Waals surface area contributed by atoms with Crippen molar-refractivity contribution in [2.24, 2.45) is 11.8 Å². The first-order valence-corrected chi connectivity index (χ1v) is 9.39. The summed E-state index contributed by atoms with van der Waals surface area (Å²) in [7, 11) is 0. The van der Waals surface area contributed by atoms with Crippen molar-refractivity contribution < 1.29 is 4.92 Å². The van der Waals surface area contributed by atoms with Gasteiger partial charge in [0, 0.05) is 26.2 Å². The van der Waals surface area contributed by atoms with Crippen LogP contribution in [0.3, 0.4) is 0 Å². The molecule has 2 rings (SSSR count). The van der Waals surface area contributed by atoms with Gasteiger partial charge in [-0.25, -0.2) is 9.97 Å². The van der Waals surface area contributed by atoms with Gasteiger partial charge in [0.1, 0.15) is 6.33 Å². The van der Waals surface area contributed by atoms with E-state index in [2.05, 4.69) is 47.5 Å². The minimum atomic E-state index is -0.302. The number of hydrogen-bond acceptors (Lipinski definition) is 6. The Kier molecular flexibility index (Phi) is 6.96. The monoisotopic (exact) mass is 349 g/mol. The average molecular weight is 349 g/mol. The van der Waals surface area contributed by atoms with Crippen LogP contribution in [0.15, 0.2) is 6.33 Å². The summed E-state index contributed by atoms with van der Waals surface area (Å²) < 4.78 is 0. The van der Waals surface area contributed by atoms with Crippen molar-refractivity contribution in [1.82, 2.24) is 9.97 Å². The van der Waals surface area contributed by atoms with Crippen LogP contribution in [-0.4, -0.2) is 41.1 Å². The topological polar surface area (TPSA) is 75.4 Å². The molecule has 0 amide bonds. The van der Waals surface area contributed by atoms with E-state index >= 15 is 0 Å². The zero-order valence-corrected chi connectivity index (χ0v) is 15.9. The highest BCUT2D eigenvalue weighted by Gasteiger charge is 2.30. The fourth-order valence-electron chi connectivity index (χ4n) is 3.40. The van der Waals surface area contributed by atoms with Gasteiger partial charge in [0.25, 0.3) is 0 Å². The molecule has 25 heavy (non-hydrogen) atoms. The Bertz CT molecular complexity index is 559. The predicted molar refractivity (Wildman–Crippen MR) is 101 cm³/mol. The molecule has 0 aliphatic carbocycles. The Morgan fingerprint density at radius 1 is 1.08 bits per heavy atom. The quantitative estimate of drug-likeness (QED) is 0.549. The predicted octanol–water partition coefficient (Wildman–Crippen LogP) is 3.88. The lowest BCUT2D eigenvalue weighted by atomic mass is 10.1. The van der Waals surface area contributed by atoms with E-state index in [-0.39, 0.29) is 10.6 Å². The van der Waals surface area contributed by atoms with Gasteiger partial charge < -0.3 is 9.80 Å². The summed E-state index contributed by atoms with van der Waals surface area (Å²) in [5, 5.41) is 11.9. The van der Waals surface area contributed by atoms with Gasteiger partial charge in [0.05, 0.1) is 4.92 Å². The number of anilines is 2. The molecule has 0 aromatic carbocycles. The summed E-state index contributed by atoms with van der Waals surface area (Å²) >= 11 is 0. The molecule has 0 bridgehead atoms. The van der Waals surface area contributed by atoms with Gasteiger partial charge in [-0.05, 0) is 24.7 Å².